The van der Waals surface area contributed by atoms with Crippen LogP contribution in [0.2, 0.25) is 5.02 Å². The number of nitrogens with zero attached hydrogens (tertiary/aromatic N) is 3. The van der Waals surface area contributed by atoms with Gasteiger partial charge in [0, 0.05) is 44.7 Å². The van der Waals surface area contributed by atoms with Crippen molar-refractivity contribution in [2.75, 3.05) is 0 Å². The van der Waals surface area contributed by atoms with Crippen molar-refractivity contribution >= 4 is 45.0 Å². The van der Waals surface area contributed by atoms with Crippen molar-refractivity contribution in [1.82, 2.24) is 9.97 Å². The molecule has 0 N–H and O–H groups in total. The number of aryl methyl sites for hydroxylation is 1. The lowest BCUT2D eigenvalue weighted by Crippen LogP contribution is -1.93. The summed E-state index contributed by atoms with van der Waals surface area (Å²) in [6.07, 6.45) is 6.42. The number of aromatic nitrogens is 2. The van der Waals surface area contributed by atoms with E-state index in [1.54, 1.807) is 6.20 Å². The first kappa shape index (κ1) is 15.8. The molecule has 0 radical (unpaired) electrons. The number of fused-ring (bicyclic) bond motifs is 1. The molecule has 5 heteroatoms. The van der Waals surface area contributed by atoms with Crippen LogP contribution in [-0.2, 0) is 0 Å². The molecule has 1 fully saturated rings. The minimum atomic E-state index is 0.106. The number of benzene rings is 1. The van der Waals surface area contributed by atoms with Crippen molar-refractivity contribution < 1.29 is 0 Å². The van der Waals surface area contributed by atoms with Crippen LogP contribution < -0.4 is 0 Å². The van der Waals surface area contributed by atoms with Gasteiger partial charge in [-0.1, -0.05) is 11.6 Å². The summed E-state index contributed by atoms with van der Waals surface area (Å²) in [5.74, 6) is 0.371. The van der Waals surface area contributed by atoms with Gasteiger partial charge < -0.3 is 0 Å². The monoisotopic (exact) mass is 445 g/mol. The highest BCUT2D eigenvalue weighted by Gasteiger charge is 2.39. The Labute approximate surface area is 158 Å². The maximum Gasteiger partial charge on any atom is 0.0663 e. The Morgan fingerprint density at radius 2 is 2.12 bits per heavy atom. The van der Waals surface area contributed by atoms with Crippen molar-refractivity contribution in [1.29, 1.82) is 5.26 Å². The van der Waals surface area contributed by atoms with E-state index in [1.165, 1.54) is 5.56 Å². The topological polar surface area (TPSA) is 49.6 Å². The van der Waals surface area contributed by atoms with Gasteiger partial charge in [-0.3, -0.25) is 9.97 Å². The van der Waals surface area contributed by atoms with Gasteiger partial charge in [-0.2, -0.15) is 5.26 Å². The van der Waals surface area contributed by atoms with Crippen LogP contribution in [0.5, 0.6) is 0 Å². The number of pyridine rings is 2. The van der Waals surface area contributed by atoms with Gasteiger partial charge in [0.25, 0.3) is 0 Å². The number of hydrogen-bond acceptors (Lipinski definition) is 3. The molecular formula is C19H13ClIN3. The standard InChI is InChI=1S/C19H13ClIN3/c1-10-2-3-23-8-15(10)14-4-11-6-17(13-5-12(13)7-22)24-9-16(11)18(20)19(14)21/h2-4,6,8-9,12-13H,5H2,1H3. The lowest BCUT2D eigenvalue weighted by molar-refractivity contribution is 0.967. The van der Waals surface area contributed by atoms with Gasteiger partial charge in [0.2, 0.25) is 0 Å². The largest absolute Gasteiger partial charge is 0.264 e. The molecule has 0 bridgehead atoms. The summed E-state index contributed by atoms with van der Waals surface area (Å²) in [4.78, 5) is 8.79. The summed E-state index contributed by atoms with van der Waals surface area (Å²) in [7, 11) is 0. The van der Waals surface area contributed by atoms with E-state index in [0.717, 1.165) is 42.6 Å². The predicted molar refractivity (Wildman–Crippen MR) is 104 cm³/mol. The molecule has 0 aliphatic heterocycles. The van der Waals surface area contributed by atoms with Gasteiger partial charge >= 0.3 is 0 Å². The van der Waals surface area contributed by atoms with Crippen LogP contribution in [0.4, 0.5) is 0 Å². The van der Waals surface area contributed by atoms with E-state index in [4.69, 9.17) is 16.9 Å². The fourth-order valence-corrected chi connectivity index (χ4v) is 4.05. The van der Waals surface area contributed by atoms with Crippen LogP contribution in [0, 0.1) is 27.7 Å². The molecule has 0 spiro atoms. The van der Waals surface area contributed by atoms with Crippen LogP contribution in [0.1, 0.15) is 23.6 Å². The Morgan fingerprint density at radius 1 is 1.29 bits per heavy atom. The summed E-state index contributed by atoms with van der Waals surface area (Å²) in [6, 6.07) is 8.56. The molecule has 0 saturated heterocycles. The molecule has 2 unspecified atom stereocenters. The zero-order valence-electron chi connectivity index (χ0n) is 12.9. The van der Waals surface area contributed by atoms with E-state index in [9.17, 15) is 0 Å². The van der Waals surface area contributed by atoms with E-state index < -0.39 is 0 Å². The Morgan fingerprint density at radius 3 is 2.83 bits per heavy atom. The number of rotatable bonds is 2. The minimum absolute atomic E-state index is 0.106. The van der Waals surface area contributed by atoms with Crippen molar-refractivity contribution in [3.05, 3.63) is 56.6 Å². The molecule has 1 aromatic carbocycles. The summed E-state index contributed by atoms with van der Waals surface area (Å²) >= 11 is 8.90. The maximum absolute atomic E-state index is 9.05. The van der Waals surface area contributed by atoms with Crippen LogP contribution >= 0.6 is 34.2 Å². The maximum atomic E-state index is 9.05. The van der Waals surface area contributed by atoms with Gasteiger partial charge in [0.15, 0.2) is 0 Å². The summed E-state index contributed by atoms with van der Waals surface area (Å²) in [5, 5.41) is 11.8. The Hall–Kier alpha value is -1.71. The van der Waals surface area contributed by atoms with Gasteiger partial charge in [-0.25, -0.2) is 0 Å². The average molecular weight is 446 g/mol. The molecule has 1 aliphatic carbocycles. The van der Waals surface area contributed by atoms with Gasteiger partial charge in [0.05, 0.1) is 17.0 Å². The highest BCUT2D eigenvalue weighted by atomic mass is 127. The lowest BCUT2D eigenvalue weighted by Gasteiger charge is -2.12. The highest BCUT2D eigenvalue weighted by Crippen LogP contribution is 2.47. The smallest absolute Gasteiger partial charge is 0.0663 e. The molecule has 3 aromatic rings. The first-order valence-electron chi connectivity index (χ1n) is 7.68. The van der Waals surface area contributed by atoms with Gasteiger partial charge in [0.1, 0.15) is 0 Å². The van der Waals surface area contributed by atoms with Crippen molar-refractivity contribution in [2.45, 2.75) is 19.3 Å². The normalized spacial score (nSPS) is 19.2. The molecular weight excluding hydrogens is 433 g/mol. The number of hydrogen-bond donors (Lipinski definition) is 0. The van der Waals surface area contributed by atoms with Crippen LogP contribution in [0.3, 0.4) is 0 Å². The van der Waals surface area contributed by atoms with E-state index in [-0.39, 0.29) is 11.8 Å². The lowest BCUT2D eigenvalue weighted by atomic mass is 9.99. The molecule has 0 amide bonds. The Bertz CT molecular complexity index is 1010. The second-order valence-corrected chi connectivity index (χ2v) is 7.61. The molecule has 2 atom stereocenters. The van der Waals surface area contributed by atoms with Crippen LogP contribution in [-0.4, -0.2) is 9.97 Å². The fourth-order valence-electron chi connectivity index (χ4n) is 3.06. The molecule has 1 aliphatic rings. The minimum Gasteiger partial charge on any atom is -0.264 e. The van der Waals surface area contributed by atoms with Crippen LogP contribution in [0.25, 0.3) is 21.9 Å². The van der Waals surface area contributed by atoms with Crippen molar-refractivity contribution in [2.24, 2.45) is 5.92 Å². The average Bonchev–Trinajstić information content (AvgIpc) is 3.38. The predicted octanol–water partition coefficient (Wildman–Crippen LogP) is 5.49. The third kappa shape index (κ3) is 2.56. The molecule has 3 nitrogen and oxygen atoms in total. The Balaban J connectivity index is 1.91. The molecule has 24 heavy (non-hydrogen) atoms. The second-order valence-electron chi connectivity index (χ2n) is 6.15. The SMILES string of the molecule is Cc1ccncc1-c1cc2cc(C3CC3C#N)ncc2c(Cl)c1I. The molecule has 1 saturated carbocycles. The molecule has 118 valence electrons. The van der Waals surface area contributed by atoms with Gasteiger partial charge in [-0.15, -0.1) is 0 Å². The van der Waals surface area contributed by atoms with Crippen molar-refractivity contribution in [3.63, 3.8) is 0 Å². The summed E-state index contributed by atoms with van der Waals surface area (Å²) in [5.41, 5.74) is 4.33. The highest BCUT2D eigenvalue weighted by molar-refractivity contribution is 14.1. The molecule has 4 rings (SSSR count). The van der Waals surface area contributed by atoms with E-state index in [1.807, 2.05) is 18.5 Å². The van der Waals surface area contributed by atoms with Crippen molar-refractivity contribution in [3.8, 4) is 17.2 Å². The first-order valence-corrected chi connectivity index (χ1v) is 9.14. The second kappa shape index (κ2) is 5.98. The zero-order valence-corrected chi connectivity index (χ0v) is 15.8. The quantitative estimate of drug-likeness (QED) is 0.490. The first-order chi connectivity index (χ1) is 11.6. The van der Waals surface area contributed by atoms with E-state index in [0.29, 0.717) is 0 Å². The summed E-state index contributed by atoms with van der Waals surface area (Å²) in [6.45, 7) is 2.07. The molecule has 2 heterocycles. The third-order valence-corrected chi connectivity index (χ3v) is 6.42. The third-order valence-electron chi connectivity index (χ3n) is 4.59. The zero-order chi connectivity index (χ0) is 16.8. The van der Waals surface area contributed by atoms with E-state index in [2.05, 4.69) is 57.7 Å². The van der Waals surface area contributed by atoms with E-state index >= 15 is 0 Å². The van der Waals surface area contributed by atoms with Gasteiger partial charge in [-0.05, 0) is 70.6 Å². The fraction of sp³-hybridized carbons (Fsp3) is 0.211. The van der Waals surface area contributed by atoms with Crippen LogP contribution in [0.15, 0.2) is 36.8 Å². The summed E-state index contributed by atoms with van der Waals surface area (Å²) < 4.78 is 1.01. The molecule has 2 aromatic heterocycles. The number of halogens is 2. The Kier molecular flexibility index (Phi) is 3.93. The number of nitriles is 1.